The standard InChI is InChI=1S/C8H8BrN3O/c1-6(8-10-4-5-11-8)12-7(13)2-3-9/h4-6H,1H3,(H,10,11)(H,12,13). The highest BCUT2D eigenvalue weighted by Crippen LogP contribution is 2.03. The lowest BCUT2D eigenvalue weighted by Gasteiger charge is -2.07. The molecule has 0 aliphatic heterocycles. The van der Waals surface area contributed by atoms with Crippen molar-refractivity contribution in [1.82, 2.24) is 15.3 Å². The second kappa shape index (κ2) is 4.67. The number of aromatic nitrogens is 2. The lowest BCUT2D eigenvalue weighted by molar-refractivity contribution is -0.116. The molecule has 0 saturated carbocycles. The van der Waals surface area contributed by atoms with Crippen LogP contribution in [-0.4, -0.2) is 15.9 Å². The predicted octanol–water partition coefficient (Wildman–Crippen LogP) is 0.943. The van der Waals surface area contributed by atoms with Crippen molar-refractivity contribution in [3.63, 3.8) is 0 Å². The third-order valence-electron chi connectivity index (χ3n) is 1.44. The molecule has 1 unspecified atom stereocenters. The van der Waals surface area contributed by atoms with Crippen molar-refractivity contribution in [2.45, 2.75) is 13.0 Å². The Balaban J connectivity index is 2.54. The third-order valence-corrected chi connectivity index (χ3v) is 1.64. The Morgan fingerprint density at radius 1 is 1.85 bits per heavy atom. The van der Waals surface area contributed by atoms with Gasteiger partial charge in [0.05, 0.1) is 6.04 Å². The zero-order valence-electron chi connectivity index (χ0n) is 6.97. The maximum absolute atomic E-state index is 11.0. The summed E-state index contributed by atoms with van der Waals surface area (Å²) in [5.74, 6) is 2.69. The molecule has 2 N–H and O–H groups in total. The monoisotopic (exact) mass is 241 g/mol. The van der Waals surface area contributed by atoms with Crippen molar-refractivity contribution in [2.24, 2.45) is 0 Å². The van der Waals surface area contributed by atoms with Gasteiger partial charge in [-0.3, -0.25) is 4.79 Å². The first-order valence-electron chi connectivity index (χ1n) is 3.65. The number of amides is 1. The summed E-state index contributed by atoms with van der Waals surface area (Å²) in [5.41, 5.74) is 0. The second-order valence-corrected chi connectivity index (χ2v) is 2.79. The summed E-state index contributed by atoms with van der Waals surface area (Å²) in [7, 11) is 0. The van der Waals surface area contributed by atoms with E-state index >= 15 is 0 Å². The number of rotatable bonds is 2. The van der Waals surface area contributed by atoms with Crippen molar-refractivity contribution >= 4 is 21.8 Å². The van der Waals surface area contributed by atoms with Crippen molar-refractivity contribution in [1.29, 1.82) is 0 Å². The molecule has 1 amide bonds. The van der Waals surface area contributed by atoms with E-state index in [4.69, 9.17) is 0 Å². The van der Waals surface area contributed by atoms with Gasteiger partial charge in [0.15, 0.2) is 0 Å². The normalized spacial score (nSPS) is 11.2. The van der Waals surface area contributed by atoms with E-state index in [1.165, 1.54) is 0 Å². The fourth-order valence-electron chi connectivity index (χ4n) is 0.858. The maximum Gasteiger partial charge on any atom is 0.297 e. The van der Waals surface area contributed by atoms with Gasteiger partial charge in [0, 0.05) is 34.2 Å². The van der Waals surface area contributed by atoms with E-state index in [0.29, 0.717) is 5.82 Å². The number of aromatic amines is 1. The van der Waals surface area contributed by atoms with Gasteiger partial charge in [-0.15, -0.1) is 0 Å². The molecule has 1 aromatic rings. The molecule has 0 bridgehead atoms. The predicted molar refractivity (Wildman–Crippen MR) is 51.8 cm³/mol. The minimum atomic E-state index is -0.333. The average Bonchev–Trinajstić information content (AvgIpc) is 2.55. The van der Waals surface area contributed by atoms with Crippen LogP contribution in [0.3, 0.4) is 0 Å². The Kier molecular flexibility index (Phi) is 3.53. The number of imidazole rings is 1. The van der Waals surface area contributed by atoms with Crippen LogP contribution >= 0.6 is 15.9 Å². The van der Waals surface area contributed by atoms with Crippen molar-refractivity contribution in [3.8, 4) is 10.8 Å². The van der Waals surface area contributed by atoms with Crippen molar-refractivity contribution in [3.05, 3.63) is 18.2 Å². The maximum atomic E-state index is 11.0. The van der Waals surface area contributed by atoms with E-state index in [9.17, 15) is 4.79 Å². The topological polar surface area (TPSA) is 57.8 Å². The molecule has 1 heterocycles. The van der Waals surface area contributed by atoms with E-state index in [-0.39, 0.29) is 11.9 Å². The molecule has 0 fully saturated rings. The molecule has 1 aromatic heterocycles. The average molecular weight is 242 g/mol. The number of carbonyl (C=O) groups is 1. The van der Waals surface area contributed by atoms with Crippen molar-refractivity contribution in [2.75, 3.05) is 0 Å². The Morgan fingerprint density at radius 3 is 3.15 bits per heavy atom. The molecule has 68 valence electrons. The number of H-pyrrole nitrogens is 1. The molecule has 0 saturated heterocycles. The van der Waals surface area contributed by atoms with Gasteiger partial charge in [-0.2, -0.15) is 0 Å². The first-order valence-corrected chi connectivity index (χ1v) is 4.44. The fraction of sp³-hybridized carbons (Fsp3) is 0.250. The lowest BCUT2D eigenvalue weighted by Crippen LogP contribution is -2.25. The van der Waals surface area contributed by atoms with Crippen LogP contribution in [0.5, 0.6) is 0 Å². The molecule has 4 nitrogen and oxygen atoms in total. The van der Waals surface area contributed by atoms with Crippen LogP contribution in [0, 0.1) is 10.8 Å². The number of carbonyl (C=O) groups excluding carboxylic acids is 1. The van der Waals surface area contributed by atoms with Gasteiger partial charge < -0.3 is 10.3 Å². The lowest BCUT2D eigenvalue weighted by atomic mass is 10.3. The quantitative estimate of drug-likeness (QED) is 0.758. The fourth-order valence-corrected chi connectivity index (χ4v) is 1.04. The van der Waals surface area contributed by atoms with E-state index in [2.05, 4.69) is 42.0 Å². The molecule has 0 spiro atoms. The summed E-state index contributed by atoms with van der Waals surface area (Å²) in [6.07, 6.45) is 3.34. The van der Waals surface area contributed by atoms with Gasteiger partial charge in [0.25, 0.3) is 5.91 Å². The van der Waals surface area contributed by atoms with Crippen LogP contribution in [0.1, 0.15) is 18.8 Å². The molecule has 13 heavy (non-hydrogen) atoms. The largest absolute Gasteiger partial charge is 0.347 e. The van der Waals surface area contributed by atoms with Gasteiger partial charge in [0.1, 0.15) is 5.82 Å². The summed E-state index contributed by atoms with van der Waals surface area (Å²) in [6, 6.07) is -0.157. The van der Waals surface area contributed by atoms with Crippen molar-refractivity contribution < 1.29 is 4.79 Å². The van der Waals surface area contributed by atoms with Crippen LogP contribution in [0.4, 0.5) is 0 Å². The van der Waals surface area contributed by atoms with Crippen LogP contribution in [0.25, 0.3) is 0 Å². The van der Waals surface area contributed by atoms with E-state index in [1.54, 1.807) is 12.4 Å². The molecule has 0 aliphatic rings. The van der Waals surface area contributed by atoms with E-state index in [0.717, 1.165) is 0 Å². The van der Waals surface area contributed by atoms with Crippen LogP contribution < -0.4 is 5.32 Å². The zero-order valence-corrected chi connectivity index (χ0v) is 8.55. The molecule has 0 aliphatic carbocycles. The molecule has 1 atom stereocenters. The molecule has 5 heteroatoms. The SMILES string of the molecule is CC(NC(=O)C#CBr)c1ncc[nH]1. The number of halogens is 1. The Bertz CT molecular complexity index is 336. The van der Waals surface area contributed by atoms with Crippen LogP contribution in [-0.2, 0) is 4.79 Å². The van der Waals surface area contributed by atoms with Gasteiger partial charge in [0.2, 0.25) is 0 Å². The smallest absolute Gasteiger partial charge is 0.297 e. The Labute approximate surface area is 84.3 Å². The van der Waals surface area contributed by atoms with Crippen LogP contribution in [0.2, 0.25) is 0 Å². The Morgan fingerprint density at radius 2 is 2.62 bits per heavy atom. The van der Waals surface area contributed by atoms with Gasteiger partial charge in [-0.25, -0.2) is 4.98 Å². The highest BCUT2D eigenvalue weighted by Gasteiger charge is 2.08. The highest BCUT2D eigenvalue weighted by atomic mass is 79.9. The second-order valence-electron chi connectivity index (χ2n) is 2.39. The molecule has 0 aromatic carbocycles. The number of nitrogens with one attached hydrogen (secondary N) is 2. The third kappa shape index (κ3) is 2.92. The van der Waals surface area contributed by atoms with Gasteiger partial charge in [-0.05, 0) is 11.8 Å². The van der Waals surface area contributed by atoms with E-state index < -0.39 is 0 Å². The van der Waals surface area contributed by atoms with Gasteiger partial charge in [-0.1, -0.05) is 0 Å². The first-order chi connectivity index (χ1) is 6.24. The Hall–Kier alpha value is -1.28. The first kappa shape index (κ1) is 9.81. The molecular weight excluding hydrogens is 234 g/mol. The summed E-state index contributed by atoms with van der Waals surface area (Å²) in [5, 5.41) is 2.65. The number of nitrogens with zero attached hydrogens (tertiary/aromatic N) is 1. The summed E-state index contributed by atoms with van der Waals surface area (Å²) in [4.78, 5) is 20.2. The minimum absolute atomic E-state index is 0.157. The summed E-state index contributed by atoms with van der Waals surface area (Å²) in [6.45, 7) is 1.83. The highest BCUT2D eigenvalue weighted by molar-refractivity contribution is 9.12. The molecule has 0 radical (unpaired) electrons. The summed E-state index contributed by atoms with van der Waals surface area (Å²) < 4.78 is 0. The van der Waals surface area contributed by atoms with Gasteiger partial charge >= 0.3 is 0 Å². The number of hydrogen-bond acceptors (Lipinski definition) is 2. The number of hydrogen-bond donors (Lipinski definition) is 2. The molecule has 1 rings (SSSR count). The molecular formula is C8H8BrN3O. The van der Waals surface area contributed by atoms with E-state index in [1.807, 2.05) is 6.92 Å². The summed E-state index contributed by atoms with van der Waals surface area (Å²) >= 11 is 2.84. The minimum Gasteiger partial charge on any atom is -0.347 e. The van der Waals surface area contributed by atoms with Crippen LogP contribution in [0.15, 0.2) is 12.4 Å². The zero-order chi connectivity index (χ0) is 9.68.